The lowest BCUT2D eigenvalue weighted by Crippen LogP contribution is -2.19. The molecular formula is C56H58O5. The average Bonchev–Trinajstić information content (AvgIpc) is 3.11. The number of hydrogen-bond acceptors (Lipinski definition) is 5. The number of ketones is 4. The van der Waals surface area contributed by atoms with Crippen molar-refractivity contribution in [3.05, 3.63) is 194 Å². The topological polar surface area (TPSA) is 77.5 Å². The molecule has 0 heterocycles. The van der Waals surface area contributed by atoms with Gasteiger partial charge in [-0.1, -0.05) is 70.8 Å². The molecule has 6 rings (SSSR count). The minimum atomic E-state index is -0.259. The van der Waals surface area contributed by atoms with Crippen LogP contribution < -0.4 is 4.74 Å². The molecular weight excluding hydrogens is 753 g/mol. The molecule has 0 aliphatic carbocycles. The lowest BCUT2D eigenvalue weighted by Gasteiger charge is -2.23. The first-order valence-corrected chi connectivity index (χ1v) is 21.0. The molecule has 0 radical (unpaired) electrons. The van der Waals surface area contributed by atoms with Gasteiger partial charge in [0.1, 0.15) is 11.5 Å². The highest BCUT2D eigenvalue weighted by Crippen LogP contribution is 2.40. The van der Waals surface area contributed by atoms with E-state index in [1.165, 1.54) is 0 Å². The fourth-order valence-electron chi connectivity index (χ4n) is 9.91. The number of benzene rings is 6. The Labute approximate surface area is 362 Å². The number of hydrogen-bond donors (Lipinski definition) is 0. The van der Waals surface area contributed by atoms with E-state index in [1.807, 2.05) is 171 Å². The van der Waals surface area contributed by atoms with Crippen molar-refractivity contribution in [1.29, 1.82) is 0 Å². The van der Waals surface area contributed by atoms with E-state index in [0.29, 0.717) is 67.1 Å². The summed E-state index contributed by atoms with van der Waals surface area (Å²) in [6.07, 6.45) is 0. The highest BCUT2D eigenvalue weighted by Gasteiger charge is 2.32. The van der Waals surface area contributed by atoms with Gasteiger partial charge in [-0.3, -0.25) is 19.2 Å². The van der Waals surface area contributed by atoms with Gasteiger partial charge in [-0.15, -0.1) is 0 Å². The molecule has 5 nitrogen and oxygen atoms in total. The predicted molar refractivity (Wildman–Crippen MR) is 248 cm³/mol. The molecule has 6 aromatic rings. The molecule has 0 amide bonds. The SMILES string of the molecule is Cc1cc(C)c(C(=O)c2c(C)cc(Oc3cc(C)c(C(=O)c4c(C)cc(C)cc4C)c(C(=O)c4c(C)cc(C)cc4C)c3C)c(C)c2C(=O)c2c(C)cc(C)cc2C)c(C)c1. The van der Waals surface area contributed by atoms with Crippen LogP contribution in [0.4, 0.5) is 0 Å². The van der Waals surface area contributed by atoms with Crippen LogP contribution in [0.1, 0.15) is 153 Å². The number of carbonyl (C=O) groups is 4. The predicted octanol–water partition coefficient (Wildman–Crippen LogP) is 13.3. The highest BCUT2D eigenvalue weighted by atomic mass is 16.5. The lowest BCUT2D eigenvalue weighted by atomic mass is 9.82. The monoisotopic (exact) mass is 810 g/mol. The molecule has 0 bridgehead atoms. The summed E-state index contributed by atoms with van der Waals surface area (Å²) in [6.45, 7) is 30.8. The lowest BCUT2D eigenvalue weighted by molar-refractivity contribution is 0.1000. The Balaban J connectivity index is 1.63. The third-order valence-corrected chi connectivity index (χ3v) is 12.2. The first-order valence-electron chi connectivity index (χ1n) is 21.0. The third-order valence-electron chi connectivity index (χ3n) is 12.2. The molecule has 0 aliphatic rings. The van der Waals surface area contributed by atoms with Crippen LogP contribution in [0.3, 0.4) is 0 Å². The number of rotatable bonds is 10. The second kappa shape index (κ2) is 16.7. The van der Waals surface area contributed by atoms with Crippen molar-refractivity contribution < 1.29 is 23.9 Å². The van der Waals surface area contributed by atoms with Crippen molar-refractivity contribution >= 4 is 23.1 Å². The van der Waals surface area contributed by atoms with Crippen molar-refractivity contribution in [2.45, 2.75) is 111 Å². The van der Waals surface area contributed by atoms with Crippen LogP contribution in [0.5, 0.6) is 11.5 Å². The maximum absolute atomic E-state index is 15.1. The second-order valence-corrected chi connectivity index (χ2v) is 17.6. The average molecular weight is 811 g/mol. The number of aryl methyl sites for hydroxylation is 14. The van der Waals surface area contributed by atoms with Gasteiger partial charge in [0.25, 0.3) is 0 Å². The second-order valence-electron chi connectivity index (χ2n) is 17.6. The van der Waals surface area contributed by atoms with Gasteiger partial charge in [0.2, 0.25) is 0 Å². The summed E-state index contributed by atoms with van der Waals surface area (Å²) in [6, 6.07) is 19.6. The molecule has 0 N–H and O–H groups in total. The molecule has 6 aromatic carbocycles. The molecule has 0 atom stereocenters. The Morgan fingerprint density at radius 3 is 0.656 bits per heavy atom. The molecule has 0 spiro atoms. The molecule has 0 aromatic heterocycles. The largest absolute Gasteiger partial charge is 0.457 e. The third kappa shape index (κ3) is 8.06. The number of ether oxygens (including phenoxy) is 1. The minimum absolute atomic E-state index is 0.221. The van der Waals surface area contributed by atoms with Crippen molar-refractivity contribution in [2.75, 3.05) is 0 Å². The summed E-state index contributed by atoms with van der Waals surface area (Å²) in [5.74, 6) is -0.200. The standard InChI is InChI=1S/C56H58O5/c1-27-17-31(5)45(32(6)18-27)53(57)49-39(13)25-43(41(15)51(49)55(59)47-35(9)21-29(3)22-36(47)10)61-44-26-40(14)50(54(58)46-33(7)19-28(2)20-34(46)8)52(42(44)16)56(60)48-37(11)23-30(4)24-38(48)12/h17-26H,1-16H3. The zero-order valence-electron chi connectivity index (χ0n) is 38.8. The van der Waals surface area contributed by atoms with Crippen LogP contribution in [-0.4, -0.2) is 23.1 Å². The quantitative estimate of drug-likeness (QED) is 0.129. The van der Waals surface area contributed by atoms with Gasteiger partial charge in [0, 0.05) is 55.6 Å². The Morgan fingerprint density at radius 2 is 0.443 bits per heavy atom. The molecule has 5 heteroatoms. The van der Waals surface area contributed by atoms with E-state index in [9.17, 15) is 9.59 Å². The number of carbonyl (C=O) groups excluding carboxylic acids is 4. The van der Waals surface area contributed by atoms with E-state index in [4.69, 9.17) is 4.74 Å². The summed E-state index contributed by atoms with van der Waals surface area (Å²) >= 11 is 0. The normalized spacial score (nSPS) is 11.2. The Kier molecular flexibility index (Phi) is 12.1. The summed E-state index contributed by atoms with van der Waals surface area (Å²) in [5.41, 5.74) is 16.5. The van der Waals surface area contributed by atoms with Crippen LogP contribution in [0.25, 0.3) is 0 Å². The zero-order valence-corrected chi connectivity index (χ0v) is 38.8. The zero-order chi connectivity index (χ0) is 45.1. The molecule has 312 valence electrons. The van der Waals surface area contributed by atoms with Crippen LogP contribution in [0.15, 0.2) is 60.7 Å². The Morgan fingerprint density at radius 1 is 0.262 bits per heavy atom. The molecule has 0 fully saturated rings. The van der Waals surface area contributed by atoms with Crippen molar-refractivity contribution in [3.8, 4) is 11.5 Å². The van der Waals surface area contributed by atoms with Crippen molar-refractivity contribution in [1.82, 2.24) is 0 Å². The Hall–Kier alpha value is -6.20. The molecule has 0 unspecified atom stereocenters. The first kappa shape index (κ1) is 44.4. The van der Waals surface area contributed by atoms with E-state index >= 15 is 9.59 Å². The van der Waals surface area contributed by atoms with Gasteiger partial charge < -0.3 is 4.74 Å². The van der Waals surface area contributed by atoms with Crippen LogP contribution in [0.2, 0.25) is 0 Å². The molecule has 0 aliphatic heterocycles. The molecule has 0 saturated carbocycles. The van der Waals surface area contributed by atoms with Crippen molar-refractivity contribution in [3.63, 3.8) is 0 Å². The summed E-state index contributed by atoms with van der Waals surface area (Å²) in [5, 5.41) is 0. The van der Waals surface area contributed by atoms with Gasteiger partial charge in [-0.05, 0) is 179 Å². The van der Waals surface area contributed by atoms with Crippen molar-refractivity contribution in [2.24, 2.45) is 0 Å². The van der Waals surface area contributed by atoms with E-state index in [2.05, 4.69) is 0 Å². The maximum Gasteiger partial charge on any atom is 0.194 e. The van der Waals surface area contributed by atoms with E-state index in [0.717, 1.165) is 66.8 Å². The first-order chi connectivity index (χ1) is 28.5. The van der Waals surface area contributed by atoms with E-state index in [1.54, 1.807) is 0 Å². The minimum Gasteiger partial charge on any atom is -0.457 e. The highest BCUT2D eigenvalue weighted by molar-refractivity contribution is 6.24. The smallest absolute Gasteiger partial charge is 0.194 e. The van der Waals surface area contributed by atoms with E-state index in [-0.39, 0.29) is 34.3 Å². The summed E-state index contributed by atoms with van der Waals surface area (Å²) in [7, 11) is 0. The van der Waals surface area contributed by atoms with E-state index < -0.39 is 0 Å². The van der Waals surface area contributed by atoms with Gasteiger partial charge >= 0.3 is 0 Å². The summed E-state index contributed by atoms with van der Waals surface area (Å²) < 4.78 is 6.89. The van der Waals surface area contributed by atoms with Crippen LogP contribution in [-0.2, 0) is 0 Å². The fraction of sp³-hybridized carbons (Fsp3) is 0.286. The fourth-order valence-corrected chi connectivity index (χ4v) is 9.91. The summed E-state index contributed by atoms with van der Waals surface area (Å²) in [4.78, 5) is 60.0. The van der Waals surface area contributed by atoms with Gasteiger partial charge in [-0.25, -0.2) is 0 Å². The molecule has 0 saturated heterocycles. The van der Waals surface area contributed by atoms with Gasteiger partial charge in [0.05, 0.1) is 0 Å². The maximum atomic E-state index is 15.1. The van der Waals surface area contributed by atoms with Gasteiger partial charge in [-0.2, -0.15) is 0 Å². The van der Waals surface area contributed by atoms with Crippen LogP contribution >= 0.6 is 0 Å². The Bertz CT molecular complexity index is 2610. The van der Waals surface area contributed by atoms with Crippen LogP contribution in [0, 0.1) is 111 Å². The van der Waals surface area contributed by atoms with Gasteiger partial charge in [0.15, 0.2) is 23.1 Å². The molecule has 61 heavy (non-hydrogen) atoms.